The van der Waals surface area contributed by atoms with Crippen LogP contribution in [0, 0.1) is 0 Å². The fourth-order valence-electron chi connectivity index (χ4n) is 2.86. The van der Waals surface area contributed by atoms with Gasteiger partial charge in [0.25, 0.3) is 0 Å². The van der Waals surface area contributed by atoms with Gasteiger partial charge in [-0.1, -0.05) is 49.4 Å². The summed E-state index contributed by atoms with van der Waals surface area (Å²) >= 11 is 1.43. The molecule has 0 bridgehead atoms. The van der Waals surface area contributed by atoms with Crippen LogP contribution in [0.5, 0.6) is 5.75 Å². The summed E-state index contributed by atoms with van der Waals surface area (Å²) in [5.41, 5.74) is 3.43. The number of unbranched alkanes of at least 4 members (excludes halogenated alkanes) is 1. The summed E-state index contributed by atoms with van der Waals surface area (Å²) in [6.07, 6.45) is 5.85. The molecule has 1 N–H and O–H groups in total. The van der Waals surface area contributed by atoms with Gasteiger partial charge in [-0.05, 0) is 60.2 Å². The molecule has 0 spiro atoms. The van der Waals surface area contributed by atoms with Crippen LogP contribution in [0.2, 0.25) is 0 Å². The lowest BCUT2D eigenvalue weighted by atomic mass is 10.0. The first kappa shape index (κ1) is 20.1. The van der Waals surface area contributed by atoms with Gasteiger partial charge in [-0.3, -0.25) is 4.79 Å². The number of nitrogens with one attached hydrogen (secondary N) is 1. The Morgan fingerprint density at radius 2 is 1.82 bits per heavy atom. The Hall–Kier alpha value is -2.60. The highest BCUT2D eigenvalue weighted by Gasteiger charge is 2.30. The van der Waals surface area contributed by atoms with E-state index >= 15 is 0 Å². The van der Waals surface area contributed by atoms with Gasteiger partial charge in [0.05, 0.1) is 18.6 Å². The maximum atomic E-state index is 12.2. The zero-order valence-corrected chi connectivity index (χ0v) is 17.0. The van der Waals surface area contributed by atoms with E-state index in [2.05, 4.69) is 46.7 Å². The van der Waals surface area contributed by atoms with Crippen LogP contribution in [-0.4, -0.2) is 29.6 Å². The molecule has 1 aliphatic rings. The molecule has 6 heteroatoms. The monoisotopic (exact) mass is 395 g/mol. The number of rotatable bonds is 8. The van der Waals surface area contributed by atoms with Crippen LogP contribution < -0.4 is 10.1 Å². The van der Waals surface area contributed by atoms with Gasteiger partial charge in [-0.2, -0.15) is 5.10 Å². The van der Waals surface area contributed by atoms with Gasteiger partial charge in [0.2, 0.25) is 5.91 Å². The minimum Gasteiger partial charge on any atom is -0.497 e. The largest absolute Gasteiger partial charge is 0.497 e. The summed E-state index contributed by atoms with van der Waals surface area (Å²) < 4.78 is 5.13. The molecule has 2 aromatic carbocycles. The Morgan fingerprint density at radius 3 is 2.50 bits per heavy atom. The molecule has 1 fully saturated rings. The second-order valence-corrected chi connectivity index (χ2v) is 7.83. The van der Waals surface area contributed by atoms with Crippen LogP contribution in [0.25, 0.3) is 0 Å². The summed E-state index contributed by atoms with van der Waals surface area (Å²) in [4.78, 5) is 12.2. The van der Waals surface area contributed by atoms with Crippen LogP contribution in [-0.2, 0) is 17.6 Å². The average molecular weight is 396 g/mol. The number of aryl methyl sites for hydroxylation is 1. The van der Waals surface area contributed by atoms with Gasteiger partial charge in [-0.25, -0.2) is 0 Å². The van der Waals surface area contributed by atoms with E-state index in [1.807, 2.05) is 24.3 Å². The number of ether oxygens (including phenoxy) is 1. The molecule has 0 radical (unpaired) electrons. The van der Waals surface area contributed by atoms with Crippen LogP contribution in [0.4, 0.5) is 0 Å². The van der Waals surface area contributed by atoms with Gasteiger partial charge in [0, 0.05) is 0 Å². The predicted octanol–water partition coefficient (Wildman–Crippen LogP) is 4.20. The molecule has 1 amide bonds. The first-order chi connectivity index (χ1) is 13.7. The van der Waals surface area contributed by atoms with Gasteiger partial charge < -0.3 is 10.1 Å². The van der Waals surface area contributed by atoms with Gasteiger partial charge in [-0.15, -0.1) is 5.10 Å². The molecule has 3 rings (SSSR count). The lowest BCUT2D eigenvalue weighted by Crippen LogP contribution is -2.25. The van der Waals surface area contributed by atoms with Crippen molar-refractivity contribution < 1.29 is 9.53 Å². The highest BCUT2D eigenvalue weighted by molar-refractivity contribution is 8.15. The van der Waals surface area contributed by atoms with Crippen molar-refractivity contribution in [2.24, 2.45) is 10.2 Å². The molecule has 1 heterocycles. The molecule has 0 aromatic heterocycles. The number of hydrogen-bond donors (Lipinski definition) is 1. The fraction of sp³-hybridized carbons (Fsp3) is 0.318. The quantitative estimate of drug-likeness (QED) is 0.538. The Kier molecular flexibility index (Phi) is 7.25. The fourth-order valence-corrected chi connectivity index (χ4v) is 3.83. The van der Waals surface area contributed by atoms with Crippen molar-refractivity contribution >= 4 is 29.1 Å². The lowest BCUT2D eigenvalue weighted by Gasteiger charge is -2.06. The number of benzene rings is 2. The molecule has 28 heavy (non-hydrogen) atoms. The van der Waals surface area contributed by atoms with Crippen LogP contribution >= 0.6 is 11.8 Å². The number of amides is 1. The summed E-state index contributed by atoms with van der Waals surface area (Å²) in [5, 5.41) is 11.4. The zero-order chi connectivity index (χ0) is 19.8. The van der Waals surface area contributed by atoms with E-state index in [9.17, 15) is 4.79 Å². The molecule has 1 aliphatic heterocycles. The Bertz CT molecular complexity index is 845. The minimum absolute atomic E-state index is 0.0153. The molecule has 0 unspecified atom stereocenters. The molecular weight excluding hydrogens is 370 g/mol. The maximum Gasteiger partial charge on any atom is 0.239 e. The molecule has 1 saturated heterocycles. The van der Waals surface area contributed by atoms with Crippen molar-refractivity contribution in [3.8, 4) is 5.75 Å². The van der Waals surface area contributed by atoms with Crippen molar-refractivity contribution in [3.05, 3.63) is 65.2 Å². The van der Waals surface area contributed by atoms with E-state index in [0.717, 1.165) is 23.3 Å². The topological polar surface area (TPSA) is 63.1 Å². The Balaban J connectivity index is 1.55. The molecule has 1 atom stereocenters. The Labute approximate surface area is 170 Å². The third kappa shape index (κ3) is 5.70. The van der Waals surface area contributed by atoms with Crippen LogP contribution in [0.15, 0.2) is 58.7 Å². The van der Waals surface area contributed by atoms with Crippen molar-refractivity contribution in [2.45, 2.75) is 37.9 Å². The first-order valence-corrected chi connectivity index (χ1v) is 10.4. The number of thioether (sulfide) groups is 1. The number of amidine groups is 1. The minimum atomic E-state index is -0.170. The third-order valence-electron chi connectivity index (χ3n) is 4.51. The summed E-state index contributed by atoms with van der Waals surface area (Å²) in [7, 11) is 1.63. The number of nitrogens with zero attached hydrogens (tertiary/aromatic N) is 2. The molecule has 0 saturated carbocycles. The number of hydrogen-bond acceptors (Lipinski definition) is 5. The SMILES string of the molecule is CCCCc1ccc(C[C@H]2S/C(=N/N=C\c3ccc(OC)cc3)NC2=O)cc1. The van der Waals surface area contributed by atoms with Crippen molar-refractivity contribution in [1.82, 2.24) is 5.32 Å². The van der Waals surface area contributed by atoms with Gasteiger partial charge in [0.15, 0.2) is 5.17 Å². The van der Waals surface area contributed by atoms with Gasteiger partial charge >= 0.3 is 0 Å². The maximum absolute atomic E-state index is 12.2. The molecule has 5 nitrogen and oxygen atoms in total. The van der Waals surface area contributed by atoms with E-state index in [-0.39, 0.29) is 11.2 Å². The molecule has 2 aromatic rings. The summed E-state index contributed by atoms with van der Waals surface area (Å²) in [6, 6.07) is 16.1. The zero-order valence-electron chi connectivity index (χ0n) is 16.2. The standard InChI is InChI=1S/C22H25N3O2S/c1-3-4-5-16-6-8-17(9-7-16)14-20-21(26)24-22(28-20)25-23-15-18-10-12-19(27-2)13-11-18/h6-13,15,20H,3-5,14H2,1-2H3,(H,24,25,26)/b23-15-/t20-/m1/s1. The van der Waals surface area contributed by atoms with E-state index < -0.39 is 0 Å². The highest BCUT2D eigenvalue weighted by atomic mass is 32.2. The van der Waals surface area contributed by atoms with Gasteiger partial charge in [0.1, 0.15) is 5.75 Å². The first-order valence-electron chi connectivity index (χ1n) is 9.48. The Morgan fingerprint density at radius 1 is 1.11 bits per heavy atom. The highest BCUT2D eigenvalue weighted by Crippen LogP contribution is 2.23. The van der Waals surface area contributed by atoms with E-state index in [1.54, 1.807) is 13.3 Å². The van der Waals surface area contributed by atoms with E-state index in [1.165, 1.54) is 30.2 Å². The van der Waals surface area contributed by atoms with E-state index in [4.69, 9.17) is 4.74 Å². The van der Waals surface area contributed by atoms with E-state index in [0.29, 0.717) is 11.6 Å². The number of carbonyl (C=O) groups is 1. The van der Waals surface area contributed by atoms with Crippen molar-refractivity contribution in [2.75, 3.05) is 7.11 Å². The normalized spacial score (nSPS) is 18.0. The van der Waals surface area contributed by atoms with Crippen molar-refractivity contribution in [3.63, 3.8) is 0 Å². The smallest absolute Gasteiger partial charge is 0.239 e. The summed E-state index contributed by atoms with van der Waals surface area (Å²) in [6.45, 7) is 2.20. The second-order valence-electron chi connectivity index (χ2n) is 6.64. The predicted molar refractivity (Wildman–Crippen MR) is 116 cm³/mol. The second kappa shape index (κ2) is 10.1. The van der Waals surface area contributed by atoms with Crippen molar-refractivity contribution in [1.29, 1.82) is 0 Å². The molecular formula is C22H25N3O2S. The number of methoxy groups -OCH3 is 1. The van der Waals surface area contributed by atoms with Crippen LogP contribution in [0.1, 0.15) is 36.5 Å². The average Bonchev–Trinajstić information content (AvgIpc) is 3.07. The summed E-state index contributed by atoms with van der Waals surface area (Å²) in [5.74, 6) is 0.779. The van der Waals surface area contributed by atoms with Crippen LogP contribution in [0.3, 0.4) is 0 Å². The molecule has 146 valence electrons. The number of carbonyl (C=O) groups excluding carboxylic acids is 1. The third-order valence-corrected chi connectivity index (χ3v) is 5.58. The molecule has 0 aliphatic carbocycles. The lowest BCUT2D eigenvalue weighted by molar-refractivity contribution is -0.118.